The van der Waals surface area contributed by atoms with Gasteiger partial charge in [0, 0.05) is 6.04 Å². The number of halogens is 2. The third-order valence-electron chi connectivity index (χ3n) is 3.60. The van der Waals surface area contributed by atoms with Gasteiger partial charge in [-0.2, -0.15) is 0 Å². The van der Waals surface area contributed by atoms with E-state index in [9.17, 15) is 17.2 Å². The number of ether oxygens (including phenoxy) is 1. The summed E-state index contributed by atoms with van der Waals surface area (Å²) < 4.78 is 56.3. The van der Waals surface area contributed by atoms with Gasteiger partial charge in [0.1, 0.15) is 12.4 Å². The Hall–Kier alpha value is -1.25. The lowest BCUT2D eigenvalue weighted by Gasteiger charge is -2.29. The minimum Gasteiger partial charge on any atom is -0.488 e. The van der Waals surface area contributed by atoms with Crippen LogP contribution in [0, 0.1) is 5.92 Å². The van der Waals surface area contributed by atoms with Crippen LogP contribution in [0.1, 0.15) is 13.3 Å². The van der Waals surface area contributed by atoms with Crippen molar-refractivity contribution < 1.29 is 21.9 Å². The summed E-state index contributed by atoms with van der Waals surface area (Å²) in [5, 5.41) is 3.21. The van der Waals surface area contributed by atoms with Gasteiger partial charge in [-0.05, 0) is 49.7 Å². The van der Waals surface area contributed by atoms with Crippen LogP contribution < -0.4 is 14.8 Å². The SMILES string of the molecule is CC1CNCCC1NS(=O)(=O)c1ccc(OCC(F)F)cc1. The van der Waals surface area contributed by atoms with Gasteiger partial charge in [-0.15, -0.1) is 0 Å². The fraction of sp³-hybridized carbons (Fsp3) is 0.571. The largest absolute Gasteiger partial charge is 0.488 e. The predicted octanol–water partition coefficient (Wildman–Crippen LogP) is 1.61. The van der Waals surface area contributed by atoms with Crippen molar-refractivity contribution in [3.63, 3.8) is 0 Å². The lowest BCUT2D eigenvalue weighted by Crippen LogP contribution is -2.48. The van der Waals surface area contributed by atoms with Gasteiger partial charge in [0.2, 0.25) is 10.0 Å². The van der Waals surface area contributed by atoms with E-state index in [4.69, 9.17) is 4.74 Å². The monoisotopic (exact) mass is 334 g/mol. The zero-order valence-electron chi connectivity index (χ0n) is 12.3. The molecule has 1 saturated heterocycles. The van der Waals surface area contributed by atoms with E-state index in [1.54, 1.807) is 0 Å². The first-order valence-electron chi connectivity index (χ1n) is 7.12. The van der Waals surface area contributed by atoms with E-state index in [1.165, 1.54) is 24.3 Å². The number of piperidine rings is 1. The summed E-state index contributed by atoms with van der Waals surface area (Å²) in [5.41, 5.74) is 0. The highest BCUT2D eigenvalue weighted by molar-refractivity contribution is 7.89. The highest BCUT2D eigenvalue weighted by Gasteiger charge is 2.26. The minimum atomic E-state index is -3.62. The predicted molar refractivity (Wildman–Crippen MR) is 78.7 cm³/mol. The molecule has 1 aromatic carbocycles. The molecule has 0 aromatic heterocycles. The lowest BCUT2D eigenvalue weighted by molar-refractivity contribution is 0.0819. The second kappa shape index (κ2) is 7.34. The summed E-state index contributed by atoms with van der Waals surface area (Å²) in [7, 11) is -3.62. The maximum Gasteiger partial charge on any atom is 0.272 e. The van der Waals surface area contributed by atoms with Crippen molar-refractivity contribution in [1.82, 2.24) is 10.0 Å². The molecule has 1 aliphatic rings. The van der Waals surface area contributed by atoms with Crippen molar-refractivity contribution in [2.45, 2.75) is 30.7 Å². The molecule has 8 heteroatoms. The first kappa shape index (κ1) is 17.1. The van der Waals surface area contributed by atoms with Gasteiger partial charge >= 0.3 is 0 Å². The fourth-order valence-electron chi connectivity index (χ4n) is 2.33. The molecule has 2 atom stereocenters. The first-order valence-corrected chi connectivity index (χ1v) is 8.61. The van der Waals surface area contributed by atoms with Gasteiger partial charge in [0.25, 0.3) is 6.43 Å². The Morgan fingerprint density at radius 1 is 1.36 bits per heavy atom. The summed E-state index contributed by atoms with van der Waals surface area (Å²) in [4.78, 5) is 0.0997. The van der Waals surface area contributed by atoms with Crippen molar-refractivity contribution in [2.75, 3.05) is 19.7 Å². The molecule has 1 fully saturated rings. The number of nitrogens with one attached hydrogen (secondary N) is 2. The second-order valence-electron chi connectivity index (χ2n) is 5.37. The molecule has 2 unspecified atom stereocenters. The summed E-state index contributed by atoms with van der Waals surface area (Å²) in [6, 6.07) is 5.36. The second-order valence-corrected chi connectivity index (χ2v) is 7.09. The van der Waals surface area contributed by atoms with Gasteiger partial charge in [0.05, 0.1) is 4.90 Å². The molecule has 0 amide bonds. The number of benzene rings is 1. The number of hydrogen-bond acceptors (Lipinski definition) is 4. The van der Waals surface area contributed by atoms with Crippen molar-refractivity contribution in [3.05, 3.63) is 24.3 Å². The zero-order chi connectivity index (χ0) is 16.2. The maximum atomic E-state index is 12.3. The van der Waals surface area contributed by atoms with E-state index in [2.05, 4.69) is 10.0 Å². The smallest absolute Gasteiger partial charge is 0.272 e. The molecule has 2 rings (SSSR count). The van der Waals surface area contributed by atoms with Gasteiger partial charge < -0.3 is 10.1 Å². The van der Waals surface area contributed by atoms with Crippen molar-refractivity contribution in [1.29, 1.82) is 0 Å². The van der Waals surface area contributed by atoms with Gasteiger partial charge in [-0.25, -0.2) is 21.9 Å². The molecule has 2 N–H and O–H groups in total. The molecule has 124 valence electrons. The van der Waals surface area contributed by atoms with Gasteiger partial charge in [-0.3, -0.25) is 0 Å². The highest BCUT2D eigenvalue weighted by Crippen LogP contribution is 2.19. The number of alkyl halides is 2. The van der Waals surface area contributed by atoms with E-state index < -0.39 is 23.1 Å². The third-order valence-corrected chi connectivity index (χ3v) is 5.11. The summed E-state index contributed by atoms with van der Waals surface area (Å²) in [5.74, 6) is 0.423. The highest BCUT2D eigenvalue weighted by atomic mass is 32.2. The summed E-state index contributed by atoms with van der Waals surface area (Å²) in [6.45, 7) is 2.82. The molecule has 0 radical (unpaired) electrons. The van der Waals surface area contributed by atoms with Crippen LogP contribution in [0.3, 0.4) is 0 Å². The number of sulfonamides is 1. The van der Waals surface area contributed by atoms with Crippen LogP contribution in [0.5, 0.6) is 5.75 Å². The molecule has 0 saturated carbocycles. The Morgan fingerprint density at radius 2 is 2.05 bits per heavy atom. The van der Waals surface area contributed by atoms with E-state index in [1.807, 2.05) is 6.92 Å². The molecular weight excluding hydrogens is 314 g/mol. The van der Waals surface area contributed by atoms with Crippen LogP contribution in [0.4, 0.5) is 8.78 Å². The standard InChI is InChI=1S/C14H20F2N2O3S/c1-10-8-17-7-6-13(10)18-22(19,20)12-4-2-11(3-5-12)21-9-14(15)16/h2-5,10,13-14,17-18H,6-9H2,1H3. The molecule has 22 heavy (non-hydrogen) atoms. The molecule has 5 nitrogen and oxygen atoms in total. The quantitative estimate of drug-likeness (QED) is 0.829. The van der Waals surface area contributed by atoms with Crippen molar-refractivity contribution in [3.8, 4) is 5.75 Å². The Balaban J connectivity index is 2.02. The van der Waals surface area contributed by atoms with Gasteiger partial charge in [-0.1, -0.05) is 6.92 Å². The molecule has 0 spiro atoms. The Labute approximate surface area is 129 Å². The van der Waals surface area contributed by atoms with E-state index >= 15 is 0 Å². The van der Waals surface area contributed by atoms with Crippen LogP contribution in [0.15, 0.2) is 29.2 Å². The van der Waals surface area contributed by atoms with Crippen LogP contribution in [-0.2, 0) is 10.0 Å². The number of rotatable bonds is 6. The molecule has 1 aromatic rings. The van der Waals surface area contributed by atoms with E-state index in [0.717, 1.165) is 19.5 Å². The summed E-state index contributed by atoms with van der Waals surface area (Å²) >= 11 is 0. The van der Waals surface area contributed by atoms with Crippen molar-refractivity contribution in [2.24, 2.45) is 5.92 Å². The van der Waals surface area contributed by atoms with Crippen molar-refractivity contribution >= 4 is 10.0 Å². The Morgan fingerprint density at radius 3 is 2.64 bits per heavy atom. The minimum absolute atomic E-state index is 0.0997. The topological polar surface area (TPSA) is 67.4 Å². The molecule has 1 heterocycles. The molecule has 1 aliphatic heterocycles. The van der Waals surface area contributed by atoms with Crippen LogP contribution in [0.25, 0.3) is 0 Å². The maximum absolute atomic E-state index is 12.3. The lowest BCUT2D eigenvalue weighted by atomic mass is 9.97. The zero-order valence-corrected chi connectivity index (χ0v) is 13.1. The summed E-state index contributed by atoms with van der Waals surface area (Å²) in [6.07, 6.45) is -1.83. The van der Waals surface area contributed by atoms with Crippen LogP contribution in [-0.4, -0.2) is 40.6 Å². The Kier molecular flexibility index (Phi) is 5.71. The van der Waals surface area contributed by atoms with E-state index in [-0.39, 0.29) is 22.6 Å². The third kappa shape index (κ3) is 4.62. The molecule has 0 bridgehead atoms. The first-order chi connectivity index (χ1) is 10.4. The average molecular weight is 334 g/mol. The normalized spacial score (nSPS) is 22.7. The Bertz CT molecular complexity index is 578. The van der Waals surface area contributed by atoms with E-state index in [0.29, 0.717) is 0 Å². The van der Waals surface area contributed by atoms with Crippen LogP contribution in [0.2, 0.25) is 0 Å². The molecular formula is C14H20F2N2O3S. The number of hydrogen-bond donors (Lipinski definition) is 2. The van der Waals surface area contributed by atoms with Crippen LogP contribution >= 0.6 is 0 Å². The molecule has 0 aliphatic carbocycles. The average Bonchev–Trinajstić information content (AvgIpc) is 2.48. The van der Waals surface area contributed by atoms with Gasteiger partial charge in [0.15, 0.2) is 0 Å². The fourth-order valence-corrected chi connectivity index (χ4v) is 3.71.